The number of methoxy groups -OCH3 is 1. The lowest BCUT2D eigenvalue weighted by molar-refractivity contribution is -0.133. The van der Waals surface area contributed by atoms with E-state index in [2.05, 4.69) is 0 Å². The van der Waals surface area contributed by atoms with E-state index in [0.717, 1.165) is 36.2 Å². The minimum atomic E-state index is -0.304. The molecule has 0 N–H and O–H groups in total. The molecular formula is C24H29FN4O3. The Hall–Kier alpha value is -2.87. The monoisotopic (exact) mass is 440 g/mol. The average Bonchev–Trinajstić information content (AvgIpc) is 2.80. The average molecular weight is 441 g/mol. The number of ether oxygens (including phenoxy) is 1. The molecule has 1 saturated heterocycles. The zero-order chi connectivity index (χ0) is 22.7. The smallest absolute Gasteiger partial charge is 0.228 e. The summed E-state index contributed by atoms with van der Waals surface area (Å²) >= 11 is 0. The number of carbonyl (C=O) groups excluding carboxylic acids is 2. The molecule has 0 radical (unpaired) electrons. The van der Waals surface area contributed by atoms with Gasteiger partial charge in [-0.2, -0.15) is 0 Å². The van der Waals surface area contributed by atoms with Gasteiger partial charge in [0.2, 0.25) is 11.8 Å². The summed E-state index contributed by atoms with van der Waals surface area (Å²) in [6, 6.07) is 6.18. The van der Waals surface area contributed by atoms with E-state index in [9.17, 15) is 14.0 Å². The predicted molar refractivity (Wildman–Crippen MR) is 118 cm³/mol. The Balaban J connectivity index is 1.60. The van der Waals surface area contributed by atoms with Gasteiger partial charge in [0.15, 0.2) is 0 Å². The van der Waals surface area contributed by atoms with Crippen LogP contribution in [0.4, 0.5) is 10.2 Å². The molecule has 4 rings (SSSR count). The van der Waals surface area contributed by atoms with E-state index in [4.69, 9.17) is 14.7 Å². The lowest BCUT2D eigenvalue weighted by Crippen LogP contribution is -2.40. The number of fused-ring (bicyclic) bond motifs is 1. The van der Waals surface area contributed by atoms with Gasteiger partial charge in [0.1, 0.15) is 17.5 Å². The molecule has 3 heterocycles. The zero-order valence-electron chi connectivity index (χ0n) is 18.6. The number of aromatic nitrogens is 2. The molecule has 170 valence electrons. The molecule has 0 saturated carbocycles. The summed E-state index contributed by atoms with van der Waals surface area (Å²) in [4.78, 5) is 38.5. The van der Waals surface area contributed by atoms with Gasteiger partial charge in [-0.25, -0.2) is 14.4 Å². The number of rotatable bonds is 6. The second kappa shape index (κ2) is 9.73. The van der Waals surface area contributed by atoms with Gasteiger partial charge in [-0.05, 0) is 43.9 Å². The molecule has 0 spiro atoms. The molecule has 7 nitrogen and oxygen atoms in total. The maximum absolute atomic E-state index is 13.3. The van der Waals surface area contributed by atoms with Crippen LogP contribution in [0.15, 0.2) is 24.3 Å². The molecule has 0 aliphatic carbocycles. The first-order chi connectivity index (χ1) is 15.5. The van der Waals surface area contributed by atoms with Gasteiger partial charge in [0.25, 0.3) is 0 Å². The van der Waals surface area contributed by atoms with Crippen LogP contribution in [0.3, 0.4) is 0 Å². The standard InChI is InChI=1S/C24H29FN4O3/c1-16-20-9-10-22(31)29(14-17-5-7-19(25)8-6-17)24(20)27-23(26-16)18-4-3-12-28(15-18)21(30)11-13-32-2/h5-8,18H,3-4,9-15H2,1-2H3/t18-/m0/s1. The van der Waals surface area contributed by atoms with Crippen LogP contribution in [0.2, 0.25) is 0 Å². The van der Waals surface area contributed by atoms with Crippen molar-refractivity contribution in [1.29, 1.82) is 0 Å². The van der Waals surface area contributed by atoms with E-state index in [0.29, 0.717) is 50.6 Å². The van der Waals surface area contributed by atoms with Crippen LogP contribution in [-0.4, -0.2) is 53.5 Å². The number of hydrogen-bond acceptors (Lipinski definition) is 5. The molecule has 32 heavy (non-hydrogen) atoms. The Kier molecular flexibility index (Phi) is 6.79. The second-order valence-corrected chi connectivity index (χ2v) is 8.50. The maximum atomic E-state index is 13.3. The van der Waals surface area contributed by atoms with Crippen molar-refractivity contribution in [2.24, 2.45) is 0 Å². The van der Waals surface area contributed by atoms with E-state index in [-0.39, 0.29) is 23.5 Å². The van der Waals surface area contributed by atoms with E-state index in [1.165, 1.54) is 12.1 Å². The first-order valence-corrected chi connectivity index (χ1v) is 11.1. The lowest BCUT2D eigenvalue weighted by atomic mass is 9.95. The van der Waals surface area contributed by atoms with Crippen LogP contribution >= 0.6 is 0 Å². The van der Waals surface area contributed by atoms with Gasteiger partial charge in [0.05, 0.1) is 19.6 Å². The van der Waals surface area contributed by atoms with Crippen LogP contribution in [0.1, 0.15) is 54.2 Å². The maximum Gasteiger partial charge on any atom is 0.228 e. The summed E-state index contributed by atoms with van der Waals surface area (Å²) in [5.41, 5.74) is 2.71. The number of piperidine rings is 1. The molecule has 1 aromatic carbocycles. The first-order valence-electron chi connectivity index (χ1n) is 11.1. The molecular weight excluding hydrogens is 411 g/mol. The number of nitrogens with zero attached hydrogens (tertiary/aromatic N) is 4. The van der Waals surface area contributed by atoms with Gasteiger partial charge in [0, 0.05) is 43.8 Å². The van der Waals surface area contributed by atoms with Crippen LogP contribution in [0, 0.1) is 12.7 Å². The number of aryl methyl sites for hydroxylation is 1. The van der Waals surface area contributed by atoms with Crippen molar-refractivity contribution in [3.05, 3.63) is 52.7 Å². The molecule has 0 bridgehead atoms. The lowest BCUT2D eigenvalue weighted by Gasteiger charge is -2.34. The van der Waals surface area contributed by atoms with Crippen molar-refractivity contribution in [3.8, 4) is 0 Å². The van der Waals surface area contributed by atoms with Crippen LogP contribution in [0.5, 0.6) is 0 Å². The normalized spacial score (nSPS) is 18.6. The summed E-state index contributed by atoms with van der Waals surface area (Å²) in [7, 11) is 1.59. The van der Waals surface area contributed by atoms with Gasteiger partial charge >= 0.3 is 0 Å². The highest BCUT2D eigenvalue weighted by Gasteiger charge is 2.31. The number of amides is 2. The third-order valence-corrected chi connectivity index (χ3v) is 6.27. The van der Waals surface area contributed by atoms with Gasteiger partial charge in [-0.15, -0.1) is 0 Å². The molecule has 2 aromatic rings. The third-order valence-electron chi connectivity index (χ3n) is 6.27. The number of benzene rings is 1. The van der Waals surface area contributed by atoms with E-state index in [1.807, 2.05) is 11.8 Å². The fraction of sp³-hybridized carbons (Fsp3) is 0.500. The number of carbonyl (C=O) groups is 2. The molecule has 2 aliphatic heterocycles. The number of anilines is 1. The van der Waals surface area contributed by atoms with E-state index < -0.39 is 0 Å². The van der Waals surface area contributed by atoms with Gasteiger partial charge < -0.3 is 9.64 Å². The highest BCUT2D eigenvalue weighted by molar-refractivity contribution is 5.95. The number of halogens is 1. The van der Waals surface area contributed by atoms with Crippen molar-refractivity contribution in [3.63, 3.8) is 0 Å². The van der Waals surface area contributed by atoms with Gasteiger partial charge in [-0.3, -0.25) is 14.5 Å². The Bertz CT molecular complexity index is 995. The van der Waals surface area contributed by atoms with Crippen molar-refractivity contribution in [2.75, 3.05) is 31.7 Å². The van der Waals surface area contributed by atoms with Crippen molar-refractivity contribution in [2.45, 2.75) is 51.5 Å². The third kappa shape index (κ3) is 4.80. The predicted octanol–water partition coefficient (Wildman–Crippen LogP) is 3.15. The van der Waals surface area contributed by atoms with Gasteiger partial charge in [-0.1, -0.05) is 12.1 Å². The largest absolute Gasteiger partial charge is 0.384 e. The van der Waals surface area contributed by atoms with Crippen molar-refractivity contribution < 1.29 is 18.7 Å². The molecule has 2 amide bonds. The molecule has 1 atom stereocenters. The van der Waals surface area contributed by atoms with Crippen molar-refractivity contribution in [1.82, 2.24) is 14.9 Å². The summed E-state index contributed by atoms with van der Waals surface area (Å²) in [6.45, 7) is 4.02. The summed E-state index contributed by atoms with van der Waals surface area (Å²) in [5.74, 6) is 1.15. The van der Waals surface area contributed by atoms with Crippen LogP contribution in [-0.2, 0) is 27.3 Å². The van der Waals surface area contributed by atoms with E-state index in [1.54, 1.807) is 24.1 Å². The highest BCUT2D eigenvalue weighted by Crippen LogP contribution is 2.33. The summed E-state index contributed by atoms with van der Waals surface area (Å²) in [6.07, 6.45) is 3.18. The summed E-state index contributed by atoms with van der Waals surface area (Å²) in [5, 5.41) is 0. The molecule has 1 aromatic heterocycles. The van der Waals surface area contributed by atoms with Crippen LogP contribution in [0.25, 0.3) is 0 Å². The summed E-state index contributed by atoms with van der Waals surface area (Å²) < 4.78 is 18.4. The Labute approximate surface area is 187 Å². The quantitative estimate of drug-likeness (QED) is 0.690. The van der Waals surface area contributed by atoms with Crippen molar-refractivity contribution >= 4 is 17.6 Å². The first kappa shape index (κ1) is 22.3. The number of likely N-dealkylation sites (tertiary alicyclic amines) is 1. The Morgan fingerprint density at radius 3 is 2.75 bits per heavy atom. The fourth-order valence-corrected chi connectivity index (χ4v) is 4.48. The fourth-order valence-electron chi connectivity index (χ4n) is 4.48. The zero-order valence-corrected chi connectivity index (χ0v) is 18.6. The molecule has 8 heteroatoms. The molecule has 2 aliphatic rings. The highest BCUT2D eigenvalue weighted by atomic mass is 19.1. The molecule has 0 unspecified atom stereocenters. The minimum absolute atomic E-state index is 0.00545. The Morgan fingerprint density at radius 2 is 2.00 bits per heavy atom. The second-order valence-electron chi connectivity index (χ2n) is 8.50. The SMILES string of the molecule is COCCC(=O)N1CCC[C@H](c2nc(C)c3c(n2)N(Cc2ccc(F)cc2)C(=O)CC3)C1. The Morgan fingerprint density at radius 1 is 1.22 bits per heavy atom. The van der Waals surface area contributed by atoms with Crippen LogP contribution < -0.4 is 4.90 Å². The molecule has 1 fully saturated rings. The number of hydrogen-bond donors (Lipinski definition) is 0. The minimum Gasteiger partial charge on any atom is -0.384 e. The topological polar surface area (TPSA) is 75.6 Å². The van der Waals surface area contributed by atoms with E-state index >= 15 is 0 Å².